The molecular formula is C14H16F2N2O. The third-order valence-electron chi connectivity index (χ3n) is 3.09. The van der Waals surface area contributed by atoms with Crippen LogP contribution in [0.5, 0.6) is 0 Å². The molecule has 1 aromatic carbocycles. The van der Waals surface area contributed by atoms with Crippen molar-refractivity contribution in [3.63, 3.8) is 0 Å². The summed E-state index contributed by atoms with van der Waals surface area (Å²) in [7, 11) is 0. The SMILES string of the molecule is O=C(NCCC1=CCNCC1)c1cccc(F)c1F. The molecule has 1 aromatic rings. The highest BCUT2D eigenvalue weighted by molar-refractivity contribution is 5.94. The van der Waals surface area contributed by atoms with Gasteiger partial charge in [0.2, 0.25) is 0 Å². The Balaban J connectivity index is 1.87. The van der Waals surface area contributed by atoms with Crippen LogP contribution in [0.3, 0.4) is 0 Å². The Kier molecular flexibility index (Phi) is 4.63. The van der Waals surface area contributed by atoms with Gasteiger partial charge in [0.1, 0.15) is 0 Å². The predicted molar refractivity (Wildman–Crippen MR) is 68.9 cm³/mol. The molecule has 0 spiro atoms. The summed E-state index contributed by atoms with van der Waals surface area (Å²) < 4.78 is 26.4. The highest BCUT2D eigenvalue weighted by Gasteiger charge is 2.14. The average molecular weight is 266 g/mol. The van der Waals surface area contributed by atoms with Crippen LogP contribution >= 0.6 is 0 Å². The van der Waals surface area contributed by atoms with E-state index in [1.165, 1.54) is 17.7 Å². The number of halogens is 2. The normalized spacial score (nSPS) is 14.9. The maximum Gasteiger partial charge on any atom is 0.254 e. The minimum atomic E-state index is -1.10. The molecule has 0 aromatic heterocycles. The second-order valence-electron chi connectivity index (χ2n) is 4.42. The Morgan fingerprint density at radius 2 is 2.21 bits per heavy atom. The van der Waals surface area contributed by atoms with E-state index in [1.54, 1.807) is 0 Å². The molecule has 102 valence electrons. The fourth-order valence-corrected chi connectivity index (χ4v) is 2.01. The molecule has 0 radical (unpaired) electrons. The van der Waals surface area contributed by atoms with Crippen molar-refractivity contribution < 1.29 is 13.6 Å². The first-order chi connectivity index (χ1) is 9.18. The number of benzene rings is 1. The summed E-state index contributed by atoms with van der Waals surface area (Å²) in [5.74, 6) is -2.68. The summed E-state index contributed by atoms with van der Waals surface area (Å²) in [5.41, 5.74) is 1.03. The molecule has 0 bridgehead atoms. The van der Waals surface area contributed by atoms with E-state index in [0.717, 1.165) is 32.0 Å². The van der Waals surface area contributed by atoms with Crippen LogP contribution in [-0.2, 0) is 0 Å². The lowest BCUT2D eigenvalue weighted by Gasteiger charge is -2.14. The van der Waals surface area contributed by atoms with Crippen molar-refractivity contribution in [3.05, 3.63) is 47.0 Å². The molecule has 1 aliphatic rings. The number of hydrogen-bond donors (Lipinski definition) is 2. The van der Waals surface area contributed by atoms with Crippen LogP contribution in [0.15, 0.2) is 29.8 Å². The molecule has 1 aliphatic heterocycles. The van der Waals surface area contributed by atoms with Gasteiger partial charge in [-0.15, -0.1) is 0 Å². The number of nitrogens with one attached hydrogen (secondary N) is 2. The lowest BCUT2D eigenvalue weighted by Crippen LogP contribution is -2.27. The molecule has 0 saturated carbocycles. The highest BCUT2D eigenvalue weighted by Crippen LogP contribution is 2.12. The highest BCUT2D eigenvalue weighted by atomic mass is 19.2. The molecule has 19 heavy (non-hydrogen) atoms. The quantitative estimate of drug-likeness (QED) is 0.818. The Hall–Kier alpha value is -1.75. The zero-order chi connectivity index (χ0) is 13.7. The van der Waals surface area contributed by atoms with Gasteiger partial charge in [-0.05, 0) is 31.5 Å². The topological polar surface area (TPSA) is 41.1 Å². The summed E-state index contributed by atoms with van der Waals surface area (Å²) in [6.07, 6.45) is 3.80. The van der Waals surface area contributed by atoms with Gasteiger partial charge in [0.15, 0.2) is 11.6 Å². The monoisotopic (exact) mass is 266 g/mol. The first-order valence-electron chi connectivity index (χ1n) is 6.29. The Bertz CT molecular complexity index is 500. The van der Waals surface area contributed by atoms with Crippen molar-refractivity contribution in [2.75, 3.05) is 19.6 Å². The van der Waals surface area contributed by atoms with Crippen LogP contribution in [0.2, 0.25) is 0 Å². The molecule has 5 heteroatoms. The fourth-order valence-electron chi connectivity index (χ4n) is 2.01. The third kappa shape index (κ3) is 3.61. The van der Waals surface area contributed by atoms with Crippen molar-refractivity contribution in [1.82, 2.24) is 10.6 Å². The Morgan fingerprint density at radius 3 is 2.95 bits per heavy atom. The van der Waals surface area contributed by atoms with Crippen molar-refractivity contribution >= 4 is 5.91 Å². The molecule has 0 saturated heterocycles. The van der Waals surface area contributed by atoms with Crippen LogP contribution in [0.25, 0.3) is 0 Å². The van der Waals surface area contributed by atoms with Crippen LogP contribution in [0, 0.1) is 11.6 Å². The van der Waals surface area contributed by atoms with Gasteiger partial charge in [0, 0.05) is 13.1 Å². The number of carbonyl (C=O) groups is 1. The molecule has 0 fully saturated rings. The molecule has 3 nitrogen and oxygen atoms in total. The lowest BCUT2D eigenvalue weighted by molar-refractivity contribution is 0.0949. The van der Waals surface area contributed by atoms with Crippen LogP contribution in [0.1, 0.15) is 23.2 Å². The molecule has 0 unspecified atom stereocenters. The minimum Gasteiger partial charge on any atom is -0.352 e. The van der Waals surface area contributed by atoms with Gasteiger partial charge < -0.3 is 10.6 Å². The molecule has 2 rings (SSSR count). The van der Waals surface area contributed by atoms with Gasteiger partial charge in [-0.3, -0.25) is 4.79 Å². The maximum atomic E-state index is 13.4. The van der Waals surface area contributed by atoms with Gasteiger partial charge in [-0.1, -0.05) is 17.7 Å². The lowest BCUT2D eigenvalue weighted by atomic mass is 10.1. The van der Waals surface area contributed by atoms with E-state index >= 15 is 0 Å². The van der Waals surface area contributed by atoms with Gasteiger partial charge in [-0.25, -0.2) is 8.78 Å². The molecule has 0 atom stereocenters. The minimum absolute atomic E-state index is 0.251. The third-order valence-corrected chi connectivity index (χ3v) is 3.09. The van der Waals surface area contributed by atoms with E-state index in [2.05, 4.69) is 16.7 Å². The molecular weight excluding hydrogens is 250 g/mol. The van der Waals surface area contributed by atoms with Crippen molar-refractivity contribution in [2.24, 2.45) is 0 Å². The fraction of sp³-hybridized carbons (Fsp3) is 0.357. The van der Waals surface area contributed by atoms with Crippen molar-refractivity contribution in [2.45, 2.75) is 12.8 Å². The summed E-state index contributed by atoms with van der Waals surface area (Å²) in [5, 5.41) is 5.81. The van der Waals surface area contributed by atoms with Crippen molar-refractivity contribution in [1.29, 1.82) is 0 Å². The van der Waals surface area contributed by atoms with Gasteiger partial charge in [0.05, 0.1) is 5.56 Å². The summed E-state index contributed by atoms with van der Waals surface area (Å²) >= 11 is 0. The first kappa shape index (κ1) is 13.7. The molecule has 1 amide bonds. The maximum absolute atomic E-state index is 13.4. The number of amides is 1. The second kappa shape index (κ2) is 6.43. The van der Waals surface area contributed by atoms with E-state index in [9.17, 15) is 13.6 Å². The van der Waals surface area contributed by atoms with Crippen LogP contribution in [0.4, 0.5) is 8.78 Å². The van der Waals surface area contributed by atoms with Gasteiger partial charge in [0.25, 0.3) is 5.91 Å². The Labute approximate surface area is 110 Å². The number of hydrogen-bond acceptors (Lipinski definition) is 2. The van der Waals surface area contributed by atoms with Crippen molar-refractivity contribution in [3.8, 4) is 0 Å². The van der Waals surface area contributed by atoms with E-state index in [4.69, 9.17) is 0 Å². The number of carbonyl (C=O) groups excluding carboxylic acids is 1. The van der Waals surface area contributed by atoms with Crippen LogP contribution in [-0.4, -0.2) is 25.5 Å². The zero-order valence-electron chi connectivity index (χ0n) is 10.5. The molecule has 0 aliphatic carbocycles. The van der Waals surface area contributed by atoms with Gasteiger partial charge >= 0.3 is 0 Å². The zero-order valence-corrected chi connectivity index (χ0v) is 10.5. The van der Waals surface area contributed by atoms with Crippen LogP contribution < -0.4 is 10.6 Å². The van der Waals surface area contributed by atoms with E-state index in [-0.39, 0.29) is 5.56 Å². The Morgan fingerprint density at radius 1 is 1.37 bits per heavy atom. The second-order valence-corrected chi connectivity index (χ2v) is 4.42. The smallest absolute Gasteiger partial charge is 0.254 e. The largest absolute Gasteiger partial charge is 0.352 e. The predicted octanol–water partition coefficient (Wildman–Crippen LogP) is 2.00. The number of rotatable bonds is 4. The standard InChI is InChI=1S/C14H16F2N2O/c15-12-3-1-2-11(13(12)16)14(19)18-9-6-10-4-7-17-8-5-10/h1-4,17H,5-9H2,(H,18,19). The summed E-state index contributed by atoms with van der Waals surface area (Å²) in [4.78, 5) is 11.7. The van der Waals surface area contributed by atoms with Gasteiger partial charge in [-0.2, -0.15) is 0 Å². The molecule has 1 heterocycles. The summed E-state index contributed by atoms with van der Waals surface area (Å²) in [6, 6.07) is 3.59. The van der Waals surface area contributed by atoms with E-state index in [0.29, 0.717) is 6.54 Å². The summed E-state index contributed by atoms with van der Waals surface area (Å²) in [6.45, 7) is 2.22. The first-order valence-corrected chi connectivity index (χ1v) is 6.29. The van der Waals surface area contributed by atoms with E-state index in [1.807, 2.05) is 0 Å². The average Bonchev–Trinajstić information content (AvgIpc) is 2.43. The molecule has 2 N–H and O–H groups in total. The van der Waals surface area contributed by atoms with E-state index < -0.39 is 17.5 Å².